The third-order valence-corrected chi connectivity index (χ3v) is 5.32. The van der Waals surface area contributed by atoms with Gasteiger partial charge >= 0.3 is 111 Å². The average Bonchev–Trinajstić information content (AvgIpc) is 2.71. The first kappa shape index (κ1) is 43.4. The van der Waals surface area contributed by atoms with E-state index in [2.05, 4.69) is 0 Å². The van der Waals surface area contributed by atoms with E-state index in [1.54, 1.807) is 4.90 Å². The van der Waals surface area contributed by atoms with E-state index >= 15 is 0 Å². The van der Waals surface area contributed by atoms with Gasteiger partial charge in [-0.15, -0.1) is 0 Å². The minimum Gasteiger partial charge on any atom is -0.549 e. The summed E-state index contributed by atoms with van der Waals surface area (Å²) in [5.74, 6) is -7.49. The molecule has 0 bridgehead atoms. The second kappa shape index (κ2) is 23.5. The summed E-state index contributed by atoms with van der Waals surface area (Å²) >= 11 is 0. The maximum Gasteiger partial charge on any atom is 3.00 e. The molecule has 2 N–H and O–H groups in total. The van der Waals surface area contributed by atoms with Gasteiger partial charge in [0.1, 0.15) is 0 Å². The van der Waals surface area contributed by atoms with E-state index < -0.39 is 61.9 Å². The molecule has 39 heavy (non-hydrogen) atoms. The molecule has 0 atom stereocenters. The summed E-state index contributed by atoms with van der Waals surface area (Å²) in [5.41, 5.74) is 0. The molecule has 1 aliphatic heterocycles. The summed E-state index contributed by atoms with van der Waals surface area (Å²) in [5, 5.41) is 51.4. The van der Waals surface area contributed by atoms with Crippen molar-refractivity contribution < 1.29 is 153 Å². The molecule has 1 rings (SSSR count). The van der Waals surface area contributed by atoms with Crippen molar-refractivity contribution in [2.75, 3.05) is 91.6 Å². The van der Waals surface area contributed by atoms with Crippen LogP contribution in [0.4, 0.5) is 0 Å². The number of amides is 1. The van der Waals surface area contributed by atoms with Crippen LogP contribution in [0.1, 0.15) is 0 Å². The minimum atomic E-state index is -1.60. The van der Waals surface area contributed by atoms with Crippen LogP contribution in [-0.4, -0.2) is 162 Å². The molecule has 1 amide bonds. The quantitative estimate of drug-likeness (QED) is 0.179. The molecule has 1 fully saturated rings. The minimum absolute atomic E-state index is 0. The van der Waals surface area contributed by atoms with E-state index in [9.17, 15) is 49.2 Å². The fourth-order valence-electron chi connectivity index (χ4n) is 3.65. The molecule has 0 aliphatic carbocycles. The molecule has 0 saturated carbocycles. The van der Waals surface area contributed by atoms with E-state index in [1.807, 2.05) is 0 Å². The smallest absolute Gasteiger partial charge is 0.549 e. The van der Waals surface area contributed by atoms with Crippen molar-refractivity contribution >= 4 is 35.8 Å². The van der Waals surface area contributed by atoms with Gasteiger partial charge in [-0.25, -0.2) is 0 Å². The zero-order valence-corrected chi connectivity index (χ0v) is 28.3. The number of carbonyl (C=O) groups is 6. The molecule has 209 valence electrons. The van der Waals surface area contributed by atoms with Crippen LogP contribution in [0.2, 0.25) is 0 Å². The number of rotatable bonds is 12. The Labute approximate surface area is 301 Å². The number of hydrogen-bond donors (Lipinski definition) is 2. The van der Waals surface area contributed by atoms with Crippen LogP contribution >= 0.6 is 0 Å². The van der Waals surface area contributed by atoms with Crippen molar-refractivity contribution in [2.24, 2.45) is 0 Å². The maximum atomic E-state index is 12.9. The maximum absolute atomic E-state index is 12.9. The summed E-state index contributed by atoms with van der Waals surface area (Å²) in [7, 11) is 0. The van der Waals surface area contributed by atoms with Crippen LogP contribution in [-0.2, 0) is 28.8 Å². The van der Waals surface area contributed by atoms with Gasteiger partial charge in [0.25, 0.3) is 0 Å². The van der Waals surface area contributed by atoms with Crippen molar-refractivity contribution in [3.63, 3.8) is 0 Å². The van der Waals surface area contributed by atoms with Crippen molar-refractivity contribution in [3.05, 3.63) is 0 Å². The number of aliphatic carboxylic acids is 5. The SMILES string of the molecule is O=C([O-])CN1CCN(CC(=O)O)CCN(CC(=O)O)CCN(C(=O)CN(CC(=O)[O-])CC(=O)[O-])CC1.[Gd+3].[Na+].[Na+]. The first-order chi connectivity index (χ1) is 16.8. The molecule has 0 aromatic rings. The predicted octanol–water partition coefficient (Wildman–Crippen LogP) is -13.5. The average molecular weight is 720 g/mol. The third-order valence-electron chi connectivity index (χ3n) is 5.32. The van der Waals surface area contributed by atoms with Gasteiger partial charge in [-0.05, 0) is 0 Å². The Bertz CT molecular complexity index is 779. The van der Waals surface area contributed by atoms with Crippen molar-refractivity contribution in [2.45, 2.75) is 0 Å². The Balaban J connectivity index is -0.00000432. The Morgan fingerprint density at radius 3 is 1.21 bits per heavy atom. The number of carboxylic acids is 5. The fraction of sp³-hybridized carbons (Fsp3) is 0.700. The van der Waals surface area contributed by atoms with Crippen LogP contribution in [0, 0.1) is 39.9 Å². The fourth-order valence-corrected chi connectivity index (χ4v) is 3.65. The zero-order valence-electron chi connectivity index (χ0n) is 22.1. The Morgan fingerprint density at radius 1 is 0.564 bits per heavy atom. The molecular weight excluding hydrogens is 689 g/mol. The predicted molar refractivity (Wildman–Crippen MR) is 113 cm³/mol. The Hall–Kier alpha value is -0.0153. The first-order valence-corrected chi connectivity index (χ1v) is 11.1. The number of carbonyl (C=O) groups excluding carboxylic acids is 4. The van der Waals surface area contributed by atoms with Gasteiger partial charge < -0.3 is 44.8 Å². The number of carboxylic acid groups (broad SMARTS) is 5. The number of nitrogens with zero attached hydrogens (tertiary/aromatic N) is 5. The van der Waals surface area contributed by atoms with Crippen molar-refractivity contribution in [1.82, 2.24) is 24.5 Å². The van der Waals surface area contributed by atoms with Crippen molar-refractivity contribution in [1.29, 1.82) is 0 Å². The molecule has 19 heteroatoms. The molecule has 0 aromatic heterocycles. The summed E-state index contributed by atoms with van der Waals surface area (Å²) in [6.45, 7) is -2.91. The van der Waals surface area contributed by atoms with Gasteiger partial charge in [0.15, 0.2) is 0 Å². The summed E-state index contributed by atoms with van der Waals surface area (Å²) in [4.78, 5) is 75.0. The molecule has 1 heterocycles. The zero-order chi connectivity index (χ0) is 27.3. The van der Waals surface area contributed by atoms with Gasteiger partial charge in [-0.3, -0.25) is 34.0 Å². The monoisotopic (exact) mass is 720 g/mol. The van der Waals surface area contributed by atoms with E-state index in [0.29, 0.717) is 0 Å². The van der Waals surface area contributed by atoms with Gasteiger partial charge in [-0.1, -0.05) is 0 Å². The van der Waals surface area contributed by atoms with Crippen molar-refractivity contribution in [3.8, 4) is 0 Å². The van der Waals surface area contributed by atoms with Crippen LogP contribution in [0.3, 0.4) is 0 Å². The van der Waals surface area contributed by atoms with Gasteiger partial charge in [-0.2, -0.15) is 0 Å². The van der Waals surface area contributed by atoms with Gasteiger partial charge in [0.2, 0.25) is 5.91 Å². The second-order valence-electron chi connectivity index (χ2n) is 8.26. The standard InChI is InChI=1S/C20H33N5O11.Gd.2Na/c26-15(9-24(13-19(33)34)14-20(35)36)25-7-5-22(11-17(29)30)3-1-21(10-16(27)28)2-4-23(6-8-25)12-18(31)32;;;/h1-14H2,(H,27,28)(H,29,30)(H,31,32)(H,33,34)(H,35,36);;;/q;+3;2*+1/p-3. The van der Waals surface area contributed by atoms with Gasteiger partial charge in [0, 0.05) is 72.0 Å². The molecule has 1 saturated heterocycles. The van der Waals surface area contributed by atoms with E-state index in [-0.39, 0.29) is 165 Å². The summed E-state index contributed by atoms with van der Waals surface area (Å²) in [6, 6.07) is 0. The topological polar surface area (TPSA) is 228 Å². The van der Waals surface area contributed by atoms with Gasteiger partial charge in [0.05, 0.1) is 37.5 Å². The normalized spacial score (nSPS) is 15.9. The largest absolute Gasteiger partial charge is 3.00 e. The van der Waals surface area contributed by atoms with Crippen LogP contribution in [0.25, 0.3) is 0 Å². The Kier molecular flexibility index (Phi) is 26.2. The molecule has 16 nitrogen and oxygen atoms in total. The number of hydrogen-bond acceptors (Lipinski definition) is 13. The molecule has 1 aliphatic rings. The second-order valence-corrected chi connectivity index (χ2v) is 8.26. The molecule has 1 radical (unpaired) electrons. The van der Waals surface area contributed by atoms with E-state index in [4.69, 9.17) is 5.11 Å². The third kappa shape index (κ3) is 21.4. The van der Waals surface area contributed by atoms with E-state index in [0.717, 1.165) is 4.90 Å². The molecule has 0 unspecified atom stereocenters. The van der Waals surface area contributed by atoms with Crippen LogP contribution < -0.4 is 74.4 Å². The van der Waals surface area contributed by atoms with Crippen LogP contribution in [0.15, 0.2) is 0 Å². The molecular formula is C20H30GdN5Na2O11+2. The molecule has 0 spiro atoms. The van der Waals surface area contributed by atoms with E-state index in [1.165, 1.54) is 14.7 Å². The summed E-state index contributed by atoms with van der Waals surface area (Å²) in [6.07, 6.45) is 0. The summed E-state index contributed by atoms with van der Waals surface area (Å²) < 4.78 is 0. The molecule has 0 aromatic carbocycles. The first-order valence-electron chi connectivity index (χ1n) is 11.1. The van der Waals surface area contributed by atoms with Crippen LogP contribution in [0.5, 0.6) is 0 Å². The Morgan fingerprint density at radius 2 is 0.897 bits per heavy atom.